The molecule has 0 spiro atoms. The van der Waals surface area contributed by atoms with Crippen molar-refractivity contribution >= 4 is 17.4 Å². The van der Waals surface area contributed by atoms with Crippen LogP contribution in [0, 0.1) is 0 Å². The van der Waals surface area contributed by atoms with E-state index in [4.69, 9.17) is 18.9 Å². The molecule has 1 aliphatic heterocycles. The summed E-state index contributed by atoms with van der Waals surface area (Å²) in [6.07, 6.45) is 0.538. The highest BCUT2D eigenvalue weighted by atomic mass is 16.5. The largest absolute Gasteiger partial charge is 0.507 e. The summed E-state index contributed by atoms with van der Waals surface area (Å²) >= 11 is 0. The number of methoxy groups -OCH3 is 4. The standard InChI is InChI=1S/C24H27NO7/c1-29-13-5-12-25-21(16-8-11-18(31-3)19(14-16)32-4)20(23(27)24(25)28)22(26)15-6-9-17(30-2)10-7-15/h6-11,14,21,26H,5,12-13H2,1-4H3/t21-/m1/s1. The van der Waals surface area contributed by atoms with Gasteiger partial charge in [0.2, 0.25) is 0 Å². The maximum Gasteiger partial charge on any atom is 0.295 e. The number of aliphatic hydroxyl groups is 1. The monoisotopic (exact) mass is 441 g/mol. The number of carbonyl (C=O) groups is 2. The second-order valence-electron chi connectivity index (χ2n) is 7.18. The van der Waals surface area contributed by atoms with Gasteiger partial charge in [0.15, 0.2) is 11.5 Å². The van der Waals surface area contributed by atoms with Gasteiger partial charge in [-0.25, -0.2) is 0 Å². The zero-order valence-electron chi connectivity index (χ0n) is 18.6. The van der Waals surface area contributed by atoms with E-state index in [1.165, 1.54) is 26.2 Å². The summed E-state index contributed by atoms with van der Waals surface area (Å²) in [5.74, 6) is -0.0795. The van der Waals surface area contributed by atoms with Gasteiger partial charge in [-0.3, -0.25) is 9.59 Å². The van der Waals surface area contributed by atoms with Crippen LogP contribution in [0.15, 0.2) is 48.0 Å². The van der Waals surface area contributed by atoms with E-state index in [0.29, 0.717) is 41.4 Å². The molecule has 1 saturated heterocycles. The van der Waals surface area contributed by atoms with Crippen LogP contribution in [0.1, 0.15) is 23.6 Å². The maximum absolute atomic E-state index is 13.0. The molecule has 3 rings (SSSR count). The smallest absolute Gasteiger partial charge is 0.295 e. The minimum Gasteiger partial charge on any atom is -0.507 e. The molecule has 2 aromatic carbocycles. The number of hydrogen-bond acceptors (Lipinski definition) is 7. The Morgan fingerprint density at radius 2 is 1.62 bits per heavy atom. The number of carbonyl (C=O) groups excluding carboxylic acids is 2. The Morgan fingerprint density at radius 3 is 2.22 bits per heavy atom. The molecule has 32 heavy (non-hydrogen) atoms. The first-order valence-electron chi connectivity index (χ1n) is 10.1. The highest BCUT2D eigenvalue weighted by Gasteiger charge is 2.46. The molecule has 1 atom stereocenters. The molecule has 0 aromatic heterocycles. The van der Waals surface area contributed by atoms with Crippen molar-refractivity contribution in [2.24, 2.45) is 0 Å². The van der Waals surface area contributed by atoms with Crippen molar-refractivity contribution in [3.8, 4) is 17.2 Å². The van der Waals surface area contributed by atoms with Gasteiger partial charge in [0.05, 0.1) is 32.9 Å². The number of rotatable bonds is 9. The van der Waals surface area contributed by atoms with Crippen molar-refractivity contribution in [3.63, 3.8) is 0 Å². The maximum atomic E-state index is 13.0. The lowest BCUT2D eigenvalue weighted by atomic mass is 9.95. The minimum atomic E-state index is -0.784. The van der Waals surface area contributed by atoms with Crippen LogP contribution in [0.3, 0.4) is 0 Å². The van der Waals surface area contributed by atoms with Crippen molar-refractivity contribution < 1.29 is 33.6 Å². The van der Waals surface area contributed by atoms with Crippen LogP contribution in [-0.4, -0.2) is 63.3 Å². The Labute approximate surface area is 187 Å². The van der Waals surface area contributed by atoms with E-state index in [0.717, 1.165) is 0 Å². The second-order valence-corrected chi connectivity index (χ2v) is 7.18. The van der Waals surface area contributed by atoms with Gasteiger partial charge < -0.3 is 29.0 Å². The Hall–Kier alpha value is -3.52. The van der Waals surface area contributed by atoms with Crippen molar-refractivity contribution in [2.75, 3.05) is 41.6 Å². The van der Waals surface area contributed by atoms with Gasteiger partial charge in [0, 0.05) is 25.8 Å². The number of aliphatic hydroxyl groups excluding tert-OH is 1. The van der Waals surface area contributed by atoms with Crippen LogP contribution in [-0.2, 0) is 14.3 Å². The zero-order valence-corrected chi connectivity index (χ0v) is 18.6. The molecule has 0 unspecified atom stereocenters. The lowest BCUT2D eigenvalue weighted by molar-refractivity contribution is -0.140. The van der Waals surface area contributed by atoms with E-state index in [1.54, 1.807) is 49.6 Å². The molecule has 8 heteroatoms. The molecule has 1 amide bonds. The van der Waals surface area contributed by atoms with Crippen LogP contribution in [0.25, 0.3) is 5.76 Å². The quantitative estimate of drug-likeness (QED) is 0.276. The van der Waals surface area contributed by atoms with Crippen LogP contribution in [0.4, 0.5) is 0 Å². The van der Waals surface area contributed by atoms with Crippen molar-refractivity contribution in [1.82, 2.24) is 4.90 Å². The zero-order chi connectivity index (χ0) is 23.3. The average molecular weight is 441 g/mol. The molecule has 1 aliphatic rings. The minimum absolute atomic E-state index is 0.0183. The van der Waals surface area contributed by atoms with Crippen LogP contribution in [0.5, 0.6) is 17.2 Å². The fourth-order valence-electron chi connectivity index (χ4n) is 3.76. The highest BCUT2D eigenvalue weighted by molar-refractivity contribution is 6.46. The number of hydrogen-bond donors (Lipinski definition) is 1. The Bertz CT molecular complexity index is 1010. The predicted octanol–water partition coefficient (Wildman–Crippen LogP) is 3.17. The van der Waals surface area contributed by atoms with Gasteiger partial charge in [-0.2, -0.15) is 0 Å². The lowest BCUT2D eigenvalue weighted by Crippen LogP contribution is -2.31. The van der Waals surface area contributed by atoms with Gasteiger partial charge >= 0.3 is 0 Å². The Kier molecular flexibility index (Phi) is 7.37. The predicted molar refractivity (Wildman–Crippen MR) is 118 cm³/mol. The van der Waals surface area contributed by atoms with E-state index < -0.39 is 17.7 Å². The number of benzene rings is 2. The van der Waals surface area contributed by atoms with Gasteiger partial charge in [-0.1, -0.05) is 6.07 Å². The van der Waals surface area contributed by atoms with Crippen molar-refractivity contribution in [3.05, 3.63) is 59.2 Å². The summed E-state index contributed by atoms with van der Waals surface area (Å²) in [4.78, 5) is 27.4. The van der Waals surface area contributed by atoms with E-state index in [9.17, 15) is 14.7 Å². The van der Waals surface area contributed by atoms with Gasteiger partial charge in [0.1, 0.15) is 11.5 Å². The first-order valence-corrected chi connectivity index (χ1v) is 10.1. The summed E-state index contributed by atoms with van der Waals surface area (Å²) < 4.78 is 21.0. The molecule has 1 heterocycles. The summed E-state index contributed by atoms with van der Waals surface area (Å²) in [6.45, 7) is 0.719. The molecule has 8 nitrogen and oxygen atoms in total. The lowest BCUT2D eigenvalue weighted by Gasteiger charge is -2.26. The van der Waals surface area contributed by atoms with Gasteiger partial charge in [-0.15, -0.1) is 0 Å². The third-order valence-electron chi connectivity index (χ3n) is 5.37. The van der Waals surface area contributed by atoms with Crippen LogP contribution < -0.4 is 14.2 Å². The molecule has 0 saturated carbocycles. The van der Waals surface area contributed by atoms with Crippen molar-refractivity contribution in [2.45, 2.75) is 12.5 Å². The molecule has 1 fully saturated rings. The fourth-order valence-corrected chi connectivity index (χ4v) is 3.76. The molecular formula is C24H27NO7. The molecule has 1 N–H and O–H groups in total. The second kappa shape index (κ2) is 10.2. The van der Waals surface area contributed by atoms with Crippen LogP contribution in [0.2, 0.25) is 0 Å². The summed E-state index contributed by atoms with van der Waals surface area (Å²) in [6, 6.07) is 11.0. The molecule has 0 aliphatic carbocycles. The van der Waals surface area contributed by atoms with Crippen molar-refractivity contribution in [1.29, 1.82) is 0 Å². The topological polar surface area (TPSA) is 94.5 Å². The number of ether oxygens (including phenoxy) is 4. The number of ketones is 1. The molecule has 0 bridgehead atoms. The molecular weight excluding hydrogens is 414 g/mol. The summed E-state index contributed by atoms with van der Waals surface area (Å²) in [5.41, 5.74) is 1.05. The van der Waals surface area contributed by atoms with E-state index in [1.807, 2.05) is 0 Å². The molecule has 0 radical (unpaired) electrons. The number of amides is 1. The average Bonchev–Trinajstić information content (AvgIpc) is 3.08. The third-order valence-corrected chi connectivity index (χ3v) is 5.37. The van der Waals surface area contributed by atoms with Gasteiger partial charge in [-0.05, 0) is 48.4 Å². The normalized spacial score (nSPS) is 17.5. The molecule has 170 valence electrons. The van der Waals surface area contributed by atoms with E-state index in [-0.39, 0.29) is 17.9 Å². The first-order chi connectivity index (χ1) is 15.5. The van der Waals surface area contributed by atoms with E-state index >= 15 is 0 Å². The third kappa shape index (κ3) is 4.40. The summed E-state index contributed by atoms with van der Waals surface area (Å²) in [7, 11) is 6.15. The highest BCUT2D eigenvalue weighted by Crippen LogP contribution is 2.42. The van der Waals surface area contributed by atoms with Crippen LogP contribution >= 0.6 is 0 Å². The first kappa shape index (κ1) is 23.1. The Balaban J connectivity index is 2.14. The van der Waals surface area contributed by atoms with Gasteiger partial charge in [0.25, 0.3) is 11.7 Å². The van der Waals surface area contributed by atoms with E-state index in [2.05, 4.69) is 0 Å². The SMILES string of the molecule is COCCCN1C(=O)C(=O)C(=C(O)c2ccc(OC)cc2)[C@H]1c1ccc(OC)c(OC)c1. The summed E-state index contributed by atoms with van der Waals surface area (Å²) in [5, 5.41) is 11.1. The Morgan fingerprint density at radius 1 is 0.938 bits per heavy atom. The number of likely N-dealkylation sites (tertiary alicyclic amines) is 1. The fraction of sp³-hybridized carbons (Fsp3) is 0.333. The number of Topliss-reactive ketones (excluding diaryl/α,β-unsaturated/α-hetero) is 1. The number of nitrogens with zero attached hydrogens (tertiary/aromatic N) is 1. The molecule has 2 aromatic rings.